The second kappa shape index (κ2) is 4.86. The number of hydrogen-bond acceptors (Lipinski definition) is 1. The first-order chi connectivity index (χ1) is 7.90. The number of fused-ring (bicyclic) bond motifs is 1. The summed E-state index contributed by atoms with van der Waals surface area (Å²) >= 11 is 0. The van der Waals surface area contributed by atoms with E-state index in [0.717, 1.165) is 5.56 Å². The molecule has 1 aliphatic rings. The Bertz CT molecular complexity index is 438. The van der Waals surface area contributed by atoms with Crippen LogP contribution in [0, 0.1) is 18.2 Å². The SMILES string of the molecule is CC.Cc1cc2c(cc1F)NC(=O)C(C)(C)C2. The molecule has 1 aromatic rings. The summed E-state index contributed by atoms with van der Waals surface area (Å²) in [5, 5.41) is 2.74. The summed E-state index contributed by atoms with van der Waals surface area (Å²) in [4.78, 5) is 11.6. The molecule has 0 bridgehead atoms. The number of carbonyl (C=O) groups is 1. The summed E-state index contributed by atoms with van der Waals surface area (Å²) in [5.41, 5.74) is 1.85. The Hall–Kier alpha value is -1.38. The van der Waals surface area contributed by atoms with Gasteiger partial charge < -0.3 is 5.32 Å². The van der Waals surface area contributed by atoms with Crippen molar-refractivity contribution in [1.82, 2.24) is 0 Å². The van der Waals surface area contributed by atoms with E-state index in [0.29, 0.717) is 17.7 Å². The highest BCUT2D eigenvalue weighted by molar-refractivity contribution is 5.98. The average molecular weight is 237 g/mol. The molecule has 1 aliphatic heterocycles. The van der Waals surface area contributed by atoms with Crippen LogP contribution in [0.2, 0.25) is 0 Å². The van der Waals surface area contributed by atoms with Crippen molar-refractivity contribution in [3.8, 4) is 0 Å². The van der Waals surface area contributed by atoms with Crippen LogP contribution in [0.4, 0.5) is 10.1 Å². The monoisotopic (exact) mass is 237 g/mol. The number of anilines is 1. The minimum Gasteiger partial charge on any atom is -0.325 e. The van der Waals surface area contributed by atoms with E-state index in [4.69, 9.17) is 0 Å². The number of halogens is 1. The molecule has 0 saturated heterocycles. The van der Waals surface area contributed by atoms with Crippen LogP contribution >= 0.6 is 0 Å². The van der Waals surface area contributed by atoms with Gasteiger partial charge in [-0.3, -0.25) is 4.79 Å². The van der Waals surface area contributed by atoms with Gasteiger partial charge in [0.1, 0.15) is 5.82 Å². The van der Waals surface area contributed by atoms with Crippen molar-refractivity contribution in [1.29, 1.82) is 0 Å². The second-order valence-corrected chi connectivity index (χ2v) is 4.77. The van der Waals surface area contributed by atoms with Crippen LogP contribution in [0.5, 0.6) is 0 Å². The largest absolute Gasteiger partial charge is 0.325 e. The van der Waals surface area contributed by atoms with Crippen molar-refractivity contribution in [3.63, 3.8) is 0 Å². The zero-order valence-electron chi connectivity index (χ0n) is 11.1. The van der Waals surface area contributed by atoms with Gasteiger partial charge in [0.05, 0.1) is 0 Å². The normalized spacial score (nSPS) is 16.5. The fourth-order valence-corrected chi connectivity index (χ4v) is 1.85. The van der Waals surface area contributed by atoms with Gasteiger partial charge in [0.25, 0.3) is 0 Å². The van der Waals surface area contributed by atoms with Crippen molar-refractivity contribution < 1.29 is 9.18 Å². The molecule has 0 aliphatic carbocycles. The van der Waals surface area contributed by atoms with Crippen molar-refractivity contribution >= 4 is 11.6 Å². The Morgan fingerprint density at radius 3 is 2.47 bits per heavy atom. The molecule has 0 unspecified atom stereocenters. The molecular weight excluding hydrogens is 217 g/mol. The minimum atomic E-state index is -0.405. The molecule has 2 rings (SSSR count). The van der Waals surface area contributed by atoms with Crippen LogP contribution in [-0.2, 0) is 11.2 Å². The van der Waals surface area contributed by atoms with Crippen LogP contribution in [-0.4, -0.2) is 5.91 Å². The molecule has 0 fully saturated rings. The number of aryl methyl sites for hydroxylation is 1. The maximum absolute atomic E-state index is 13.3. The number of rotatable bonds is 0. The van der Waals surface area contributed by atoms with Gasteiger partial charge in [0, 0.05) is 11.1 Å². The van der Waals surface area contributed by atoms with E-state index in [2.05, 4.69) is 5.32 Å². The predicted octanol–water partition coefficient (Wildman–Crippen LogP) is 3.68. The summed E-state index contributed by atoms with van der Waals surface area (Å²) in [6.07, 6.45) is 0.662. The third-order valence-corrected chi connectivity index (χ3v) is 2.88. The Labute approximate surface area is 102 Å². The maximum atomic E-state index is 13.3. The van der Waals surface area contributed by atoms with Crippen LogP contribution in [0.15, 0.2) is 12.1 Å². The van der Waals surface area contributed by atoms with E-state index in [-0.39, 0.29) is 11.7 Å². The number of benzene rings is 1. The number of amides is 1. The molecular formula is C14H20FNO. The molecule has 1 aromatic carbocycles. The summed E-state index contributed by atoms with van der Waals surface area (Å²) < 4.78 is 13.3. The van der Waals surface area contributed by atoms with Gasteiger partial charge in [0.15, 0.2) is 0 Å². The second-order valence-electron chi connectivity index (χ2n) is 4.77. The zero-order chi connectivity index (χ0) is 13.2. The lowest BCUT2D eigenvalue weighted by Gasteiger charge is -2.30. The Morgan fingerprint density at radius 1 is 1.29 bits per heavy atom. The maximum Gasteiger partial charge on any atom is 0.230 e. The molecule has 1 heterocycles. The van der Waals surface area contributed by atoms with E-state index in [1.807, 2.05) is 33.8 Å². The van der Waals surface area contributed by atoms with Crippen molar-refractivity contribution in [3.05, 3.63) is 29.1 Å². The van der Waals surface area contributed by atoms with Crippen LogP contribution in [0.1, 0.15) is 38.8 Å². The lowest BCUT2D eigenvalue weighted by Crippen LogP contribution is -2.37. The highest BCUT2D eigenvalue weighted by atomic mass is 19.1. The standard InChI is InChI=1S/C12H14FNO.C2H6/c1-7-4-8-6-12(2,3)11(15)14-10(8)5-9(7)13;1-2/h4-5H,6H2,1-3H3,(H,14,15);1-2H3. The van der Waals surface area contributed by atoms with E-state index in [1.165, 1.54) is 6.07 Å². The summed E-state index contributed by atoms with van der Waals surface area (Å²) in [6, 6.07) is 3.21. The number of carbonyl (C=O) groups excluding carboxylic acids is 1. The third-order valence-electron chi connectivity index (χ3n) is 2.88. The predicted molar refractivity (Wildman–Crippen MR) is 68.6 cm³/mol. The minimum absolute atomic E-state index is 0.0433. The van der Waals surface area contributed by atoms with Crippen LogP contribution in [0.25, 0.3) is 0 Å². The third kappa shape index (κ3) is 2.65. The summed E-state index contributed by atoms with van der Waals surface area (Å²) in [6.45, 7) is 9.52. The van der Waals surface area contributed by atoms with Gasteiger partial charge in [-0.2, -0.15) is 0 Å². The zero-order valence-corrected chi connectivity index (χ0v) is 11.1. The molecule has 0 saturated carbocycles. The van der Waals surface area contributed by atoms with Gasteiger partial charge in [-0.25, -0.2) is 4.39 Å². The Balaban J connectivity index is 0.000000686. The average Bonchev–Trinajstić information content (AvgIpc) is 2.26. The van der Waals surface area contributed by atoms with Crippen LogP contribution < -0.4 is 5.32 Å². The quantitative estimate of drug-likeness (QED) is 0.732. The molecule has 0 atom stereocenters. The van der Waals surface area contributed by atoms with Gasteiger partial charge in [-0.05, 0) is 30.5 Å². The summed E-state index contributed by atoms with van der Waals surface area (Å²) in [5.74, 6) is -0.313. The van der Waals surface area contributed by atoms with E-state index < -0.39 is 5.41 Å². The lowest BCUT2D eigenvalue weighted by molar-refractivity contribution is -0.124. The molecule has 17 heavy (non-hydrogen) atoms. The summed E-state index contributed by atoms with van der Waals surface area (Å²) in [7, 11) is 0. The topological polar surface area (TPSA) is 29.1 Å². The van der Waals surface area contributed by atoms with Crippen molar-refractivity contribution in [2.75, 3.05) is 5.32 Å². The smallest absolute Gasteiger partial charge is 0.230 e. The fraction of sp³-hybridized carbons (Fsp3) is 0.500. The Morgan fingerprint density at radius 2 is 1.88 bits per heavy atom. The first-order valence-corrected chi connectivity index (χ1v) is 6.00. The van der Waals surface area contributed by atoms with Crippen LogP contribution in [0.3, 0.4) is 0 Å². The van der Waals surface area contributed by atoms with E-state index in [9.17, 15) is 9.18 Å². The molecule has 0 radical (unpaired) electrons. The molecule has 1 N–H and O–H groups in total. The fourth-order valence-electron chi connectivity index (χ4n) is 1.85. The van der Waals surface area contributed by atoms with Gasteiger partial charge in [-0.15, -0.1) is 0 Å². The van der Waals surface area contributed by atoms with Gasteiger partial charge in [0.2, 0.25) is 5.91 Å². The van der Waals surface area contributed by atoms with E-state index >= 15 is 0 Å². The first-order valence-electron chi connectivity index (χ1n) is 6.00. The molecule has 3 heteroatoms. The number of nitrogens with one attached hydrogen (secondary N) is 1. The van der Waals surface area contributed by atoms with E-state index in [1.54, 1.807) is 6.92 Å². The van der Waals surface area contributed by atoms with Gasteiger partial charge >= 0.3 is 0 Å². The molecule has 0 spiro atoms. The highest BCUT2D eigenvalue weighted by Gasteiger charge is 2.33. The first kappa shape index (κ1) is 13.7. The van der Waals surface area contributed by atoms with Crippen molar-refractivity contribution in [2.24, 2.45) is 5.41 Å². The van der Waals surface area contributed by atoms with Gasteiger partial charge in [-0.1, -0.05) is 33.8 Å². The molecule has 94 valence electrons. The molecule has 1 amide bonds. The highest BCUT2D eigenvalue weighted by Crippen LogP contribution is 2.34. The molecule has 2 nitrogen and oxygen atoms in total. The number of hydrogen-bond donors (Lipinski definition) is 1. The van der Waals surface area contributed by atoms with Crippen molar-refractivity contribution in [2.45, 2.75) is 41.0 Å². The molecule has 0 aromatic heterocycles. The lowest BCUT2D eigenvalue weighted by atomic mass is 9.81. The Kier molecular flexibility index (Phi) is 3.91.